The minimum absolute atomic E-state index is 1.58. The Kier molecular flexibility index (Phi) is 32.9. The Morgan fingerprint density at radius 2 is 0.537 bits per heavy atom. The highest BCUT2D eigenvalue weighted by Crippen LogP contribution is 2.20. The number of halogens is 2. The Morgan fingerprint density at radius 1 is 0.296 bits per heavy atom. The second kappa shape index (κ2) is 29.1. The normalized spacial score (nSPS) is 11.4. The zero-order valence-electron chi connectivity index (χ0n) is 34.8. The fourth-order valence-electron chi connectivity index (χ4n) is 2.96. The van der Waals surface area contributed by atoms with Crippen molar-refractivity contribution >= 4 is 86.8 Å². The molecule has 0 spiro atoms. The molecule has 0 fully saturated rings. The van der Waals surface area contributed by atoms with Crippen LogP contribution in [0.4, 0.5) is 0 Å². The minimum Gasteiger partial charge on any atom is -0.449 e. The van der Waals surface area contributed by atoms with Gasteiger partial charge in [-0.15, -0.1) is 112 Å². The first-order chi connectivity index (χ1) is 24.7. The molecule has 0 atom stereocenters. The minimum atomic E-state index is -2.28. The molecule has 0 aliphatic carbocycles. The molecule has 0 saturated carbocycles. The molecular formula is C41H72Cl2O3Si8. The standard InChI is InChI=1S/C12H18OSi2.C10H18OSi2.C8H18OSi2.C6H9ClSi.C5H9ClSi/c1-7-14(8-2,9-3)13-15(10-4,11-5)12-6;1-7-12(5,8-2)11-13(6,9-3)10-4;1-7-10(3,4)9-11(5,6)8-2;1-4-8(7,5-2)6-3;1-4-7(3,6)5-2/h7-12H,1-6H2;7-10H,1-4H2,5-6H3;7-8H,1-2H2,3-6H3;4-6H,1-3H2;4-5H,1-2H2,3H3. The van der Waals surface area contributed by atoms with Gasteiger partial charge in [-0.25, -0.2) is 0 Å². The molecule has 0 saturated heterocycles. The van der Waals surface area contributed by atoms with E-state index in [-0.39, 0.29) is 0 Å². The van der Waals surface area contributed by atoms with Gasteiger partial charge in [-0.3, -0.25) is 0 Å². The zero-order chi connectivity index (χ0) is 44.1. The first-order valence-electron chi connectivity index (χ1n) is 17.0. The molecule has 0 amide bonds. The summed E-state index contributed by atoms with van der Waals surface area (Å²) in [5, 5.41) is 0. The Morgan fingerprint density at radius 3 is 0.648 bits per heavy atom. The third-order valence-corrected chi connectivity index (χ3v) is 33.0. The molecule has 13 heteroatoms. The molecule has 0 heterocycles. The average Bonchev–Trinajstić information content (AvgIpc) is 3.19. The molecule has 0 aromatic carbocycles. The number of hydrogen-bond acceptors (Lipinski definition) is 3. The lowest BCUT2D eigenvalue weighted by Gasteiger charge is -2.31. The SMILES string of the molecule is C=C[Si](C)(C)O[Si](C)(C)C=C.C=C[Si](C)(C=C)O[Si](C)(C=C)C=C.C=C[Si](C)(Cl)C=C.C=C[Si](C=C)(C=C)O[Si](C=C)(C=C)C=C.C=C[Si](Cl)(C=C)C=C. The molecule has 0 radical (unpaired) electrons. The van der Waals surface area contributed by atoms with Crippen LogP contribution in [0.15, 0.2) is 209 Å². The van der Waals surface area contributed by atoms with Crippen LogP contribution in [0.2, 0.25) is 45.8 Å². The summed E-state index contributed by atoms with van der Waals surface area (Å²) in [5.74, 6) is 0. The topological polar surface area (TPSA) is 27.7 Å². The van der Waals surface area contributed by atoms with Crippen molar-refractivity contribution in [3.8, 4) is 0 Å². The summed E-state index contributed by atoms with van der Waals surface area (Å²) in [6.07, 6.45) is 0. The lowest BCUT2D eigenvalue weighted by molar-refractivity contribution is 0.571. The van der Waals surface area contributed by atoms with E-state index in [9.17, 15) is 0 Å². The molecule has 0 bridgehead atoms. The smallest absolute Gasteiger partial charge is 0.254 e. The lowest BCUT2D eigenvalue weighted by atomic mass is 11.2. The Bertz CT molecular complexity index is 1200. The van der Waals surface area contributed by atoms with Crippen LogP contribution >= 0.6 is 22.2 Å². The van der Waals surface area contributed by atoms with E-state index in [4.69, 9.17) is 34.5 Å². The monoisotopic (exact) mass is 906 g/mol. The average molecular weight is 909 g/mol. The van der Waals surface area contributed by atoms with Crippen LogP contribution in [0.1, 0.15) is 0 Å². The zero-order valence-corrected chi connectivity index (χ0v) is 44.3. The molecular weight excluding hydrogens is 836 g/mol. The van der Waals surface area contributed by atoms with Gasteiger partial charge in [0.1, 0.15) is 0 Å². The van der Waals surface area contributed by atoms with E-state index >= 15 is 0 Å². The molecule has 0 aromatic heterocycles. The van der Waals surface area contributed by atoms with Gasteiger partial charge in [0.2, 0.25) is 24.0 Å². The summed E-state index contributed by atoms with van der Waals surface area (Å²) in [6.45, 7) is 77.8. The highest BCUT2D eigenvalue weighted by atomic mass is 35.6. The maximum atomic E-state index is 6.09. The second-order valence-corrected chi connectivity index (χ2v) is 45.4. The van der Waals surface area contributed by atoms with Gasteiger partial charge in [0.25, 0.3) is 16.6 Å². The predicted molar refractivity (Wildman–Crippen MR) is 275 cm³/mol. The van der Waals surface area contributed by atoms with E-state index in [0.29, 0.717) is 0 Å². The summed E-state index contributed by atoms with van der Waals surface area (Å²) in [6, 6.07) is 0. The van der Waals surface area contributed by atoms with Gasteiger partial charge in [0.05, 0.1) is 0 Å². The van der Waals surface area contributed by atoms with Gasteiger partial charge in [-0.05, 0) is 45.8 Å². The van der Waals surface area contributed by atoms with Crippen molar-refractivity contribution in [2.24, 2.45) is 0 Å². The van der Waals surface area contributed by atoms with Crippen molar-refractivity contribution in [1.82, 2.24) is 0 Å². The van der Waals surface area contributed by atoms with Crippen LogP contribution in [0, 0.1) is 0 Å². The van der Waals surface area contributed by atoms with Crippen molar-refractivity contribution in [3.05, 3.63) is 209 Å². The highest BCUT2D eigenvalue weighted by molar-refractivity contribution is 7.28. The van der Waals surface area contributed by atoms with Crippen molar-refractivity contribution in [1.29, 1.82) is 0 Å². The predicted octanol–water partition coefficient (Wildman–Crippen LogP) is 13.8. The number of hydrogen-bond donors (Lipinski definition) is 0. The fourth-order valence-corrected chi connectivity index (χ4v) is 20.6. The van der Waals surface area contributed by atoms with Crippen molar-refractivity contribution < 1.29 is 12.3 Å². The third kappa shape index (κ3) is 26.6. The van der Waals surface area contributed by atoms with E-state index in [0.717, 1.165) is 0 Å². The maximum absolute atomic E-state index is 6.09. The molecule has 0 N–H and O–H groups in total. The van der Waals surface area contributed by atoms with E-state index in [1.807, 2.05) is 40.7 Å². The fraction of sp³-hybridized carbons (Fsp3) is 0.171. The molecule has 300 valence electrons. The van der Waals surface area contributed by atoms with E-state index in [2.05, 4.69) is 151 Å². The van der Waals surface area contributed by atoms with Crippen LogP contribution in [-0.4, -0.2) is 64.7 Å². The van der Waals surface area contributed by atoms with Gasteiger partial charge < -0.3 is 12.3 Å². The summed E-state index contributed by atoms with van der Waals surface area (Å²) in [7, 11) is -15.1. The summed E-state index contributed by atoms with van der Waals surface area (Å²) in [4.78, 5) is 0. The van der Waals surface area contributed by atoms with Gasteiger partial charge in [0, 0.05) is 0 Å². The summed E-state index contributed by atoms with van der Waals surface area (Å²) < 4.78 is 18.1. The van der Waals surface area contributed by atoms with E-state index in [1.54, 1.807) is 62.7 Å². The molecule has 0 rings (SSSR count). The molecule has 54 heavy (non-hydrogen) atoms. The Hall–Kier alpha value is -2.22. The van der Waals surface area contributed by atoms with Crippen molar-refractivity contribution in [3.63, 3.8) is 0 Å². The summed E-state index contributed by atoms with van der Waals surface area (Å²) in [5.41, 5.74) is 30.8. The molecule has 0 aliphatic rings. The molecule has 0 aliphatic heterocycles. The van der Waals surface area contributed by atoms with Gasteiger partial charge in [0.15, 0.2) is 24.0 Å². The lowest BCUT2D eigenvalue weighted by Crippen LogP contribution is -2.46. The van der Waals surface area contributed by atoms with E-state index in [1.165, 1.54) is 0 Å². The maximum Gasteiger partial charge on any atom is 0.254 e. The molecule has 0 aromatic rings. The summed E-state index contributed by atoms with van der Waals surface area (Å²) >= 11 is 11.7. The Labute approximate surface area is 351 Å². The number of rotatable bonds is 23. The first kappa shape index (κ1) is 61.0. The van der Waals surface area contributed by atoms with Crippen LogP contribution < -0.4 is 0 Å². The van der Waals surface area contributed by atoms with Crippen LogP contribution in [0.25, 0.3) is 0 Å². The first-order valence-corrected chi connectivity index (χ1v) is 39.2. The molecule has 0 unspecified atom stereocenters. The van der Waals surface area contributed by atoms with E-state index < -0.39 is 64.7 Å². The molecule has 3 nitrogen and oxygen atoms in total. The third-order valence-electron chi connectivity index (χ3n) is 7.57. The van der Waals surface area contributed by atoms with Crippen molar-refractivity contribution in [2.45, 2.75) is 45.8 Å². The van der Waals surface area contributed by atoms with Crippen LogP contribution in [0.3, 0.4) is 0 Å². The van der Waals surface area contributed by atoms with Crippen molar-refractivity contribution in [2.75, 3.05) is 0 Å². The second-order valence-electron chi connectivity index (χ2n) is 13.0. The van der Waals surface area contributed by atoms with Gasteiger partial charge in [-0.1, -0.05) is 96.9 Å². The van der Waals surface area contributed by atoms with Crippen LogP contribution in [-0.2, 0) is 12.3 Å². The van der Waals surface area contributed by atoms with Gasteiger partial charge >= 0.3 is 0 Å². The Balaban J connectivity index is -0.000000190. The van der Waals surface area contributed by atoms with Crippen LogP contribution in [0.5, 0.6) is 0 Å². The highest BCUT2D eigenvalue weighted by Gasteiger charge is 2.35. The van der Waals surface area contributed by atoms with Gasteiger partial charge in [-0.2, -0.15) is 22.2 Å². The quantitative estimate of drug-likeness (QED) is 0.0755. The largest absolute Gasteiger partial charge is 0.449 e.